The molecule has 2 amide bonds. The molecule has 0 unspecified atom stereocenters. The van der Waals surface area contributed by atoms with Crippen LogP contribution in [0.15, 0.2) is 82.3 Å². The van der Waals surface area contributed by atoms with Gasteiger partial charge in [-0.2, -0.15) is 13.0 Å². The van der Waals surface area contributed by atoms with E-state index in [4.69, 9.17) is 4.84 Å². The van der Waals surface area contributed by atoms with Crippen molar-refractivity contribution in [1.82, 2.24) is 5.06 Å². The highest BCUT2D eigenvalue weighted by molar-refractivity contribution is 7.86. The van der Waals surface area contributed by atoms with Crippen LogP contribution in [0.4, 0.5) is 11.4 Å². The van der Waals surface area contributed by atoms with Gasteiger partial charge in [0.25, 0.3) is 21.9 Å². The molecule has 0 spiro atoms. The number of carbonyl (C=O) groups excluding carboxylic acids is 3. The summed E-state index contributed by atoms with van der Waals surface area (Å²) in [7, 11) is -9.05. The van der Waals surface area contributed by atoms with E-state index in [2.05, 4.69) is 9.48 Å². The van der Waals surface area contributed by atoms with Crippen molar-refractivity contribution < 1.29 is 49.7 Å². The maximum absolute atomic E-state index is 12.2. The summed E-state index contributed by atoms with van der Waals surface area (Å²) < 4.78 is 71.1. The van der Waals surface area contributed by atoms with Gasteiger partial charge in [-0.05, 0) is 75.6 Å². The van der Waals surface area contributed by atoms with E-state index < -0.39 is 48.8 Å². The number of rotatable bonds is 13. The summed E-state index contributed by atoms with van der Waals surface area (Å²) in [5.41, 5.74) is 3.68. The number of hydrogen-bond donors (Lipinski definition) is 1. The van der Waals surface area contributed by atoms with Crippen molar-refractivity contribution in [2.24, 2.45) is 0 Å². The molecule has 0 saturated carbocycles. The lowest BCUT2D eigenvalue weighted by atomic mass is 9.81. The first-order valence-corrected chi connectivity index (χ1v) is 19.9. The van der Waals surface area contributed by atoms with Gasteiger partial charge in [0.2, 0.25) is 5.69 Å². The Bertz CT molecular complexity index is 2150. The van der Waals surface area contributed by atoms with Crippen LogP contribution < -0.4 is 4.90 Å². The zero-order chi connectivity index (χ0) is 38.2. The van der Waals surface area contributed by atoms with Gasteiger partial charge in [-0.25, -0.2) is 13.2 Å². The Morgan fingerprint density at radius 2 is 1.56 bits per heavy atom. The predicted octanol–water partition coefficient (Wildman–Crippen LogP) is 5.20. The third-order valence-corrected chi connectivity index (χ3v) is 11.5. The van der Waals surface area contributed by atoms with Crippen molar-refractivity contribution in [3.63, 3.8) is 0 Å². The number of benzene rings is 2. The van der Waals surface area contributed by atoms with Crippen LogP contribution in [0.25, 0.3) is 0 Å². The maximum atomic E-state index is 12.2. The minimum Gasteiger partial charge on any atom is -0.744 e. The number of anilines is 1. The van der Waals surface area contributed by atoms with Crippen molar-refractivity contribution in [2.75, 3.05) is 18.0 Å². The average Bonchev–Trinajstić information content (AvgIpc) is 3.58. The number of unbranched alkanes of at least 4 members (excludes halogenated alkanes) is 2. The summed E-state index contributed by atoms with van der Waals surface area (Å²) in [6.07, 6.45) is 11.4. The van der Waals surface area contributed by atoms with Crippen molar-refractivity contribution in [2.45, 2.75) is 93.8 Å². The fraction of sp³-hybridized carbons (Fsp3) is 0.405. The van der Waals surface area contributed by atoms with E-state index in [-0.39, 0.29) is 29.1 Å². The number of hydrogen-bond acceptors (Lipinski definition) is 10. The molecule has 15 heteroatoms. The minimum atomic E-state index is -4.61. The van der Waals surface area contributed by atoms with Crippen molar-refractivity contribution in [3.8, 4) is 0 Å². The number of allylic oxidation sites excluding steroid dienone is 6. The molecule has 0 bridgehead atoms. The number of likely N-dealkylation sites (N-methyl/N-ethyl adjacent to an activating group) is 1. The second kappa shape index (κ2) is 14.5. The van der Waals surface area contributed by atoms with Gasteiger partial charge in [0, 0.05) is 66.7 Å². The SMILES string of the molecule is CCN1C(=CC=CC=CC2=[N+](CCCCCC(=O)ON3C(=O)CCC3=O)c3ccc(S(=O)(=O)O)cc3C2(C)C)C(C)(C)c2cc(S(=O)(=O)[O-])ccc21. The van der Waals surface area contributed by atoms with E-state index in [1.807, 2.05) is 65.0 Å². The standard InChI is InChI=1S/C37H43N3O10S2/c1-6-38-29-18-16-25(51(44,45)46)23-27(29)36(2,3)31(38)13-9-7-10-14-32-37(4,5)28-24-26(52(47,48)49)17-19-30(28)39(32)22-12-8-11-15-35(43)50-40-33(41)20-21-34(40)42/h7,9-10,13-14,16-19,23-24H,6,8,11-12,15,20-22H2,1-5H3,(H-,44,45,46,47,48,49). The molecule has 1 saturated heterocycles. The number of amides is 2. The molecule has 2 aromatic rings. The van der Waals surface area contributed by atoms with Gasteiger partial charge in [0.05, 0.1) is 15.2 Å². The fourth-order valence-electron chi connectivity index (χ4n) is 7.09. The molecule has 0 aliphatic carbocycles. The molecule has 2 aromatic carbocycles. The third-order valence-electron chi connectivity index (χ3n) is 9.82. The lowest BCUT2D eigenvalue weighted by Gasteiger charge is -2.25. The molecule has 278 valence electrons. The van der Waals surface area contributed by atoms with E-state index in [1.54, 1.807) is 12.1 Å². The van der Waals surface area contributed by atoms with Gasteiger partial charge < -0.3 is 14.3 Å². The fourth-order valence-corrected chi connectivity index (χ4v) is 8.09. The molecule has 0 atom stereocenters. The Balaban J connectivity index is 1.35. The van der Waals surface area contributed by atoms with E-state index in [1.165, 1.54) is 24.3 Å². The van der Waals surface area contributed by atoms with E-state index in [0.29, 0.717) is 37.4 Å². The molecule has 0 radical (unpaired) electrons. The number of hydroxylamine groups is 2. The second-order valence-corrected chi connectivity index (χ2v) is 16.8. The highest BCUT2D eigenvalue weighted by atomic mass is 32.2. The lowest BCUT2D eigenvalue weighted by Crippen LogP contribution is -2.31. The smallest absolute Gasteiger partial charge is 0.333 e. The maximum Gasteiger partial charge on any atom is 0.333 e. The van der Waals surface area contributed by atoms with Gasteiger partial charge in [-0.3, -0.25) is 14.1 Å². The first kappa shape index (κ1) is 38.8. The Labute approximate surface area is 304 Å². The topological polar surface area (TPSA) is 182 Å². The van der Waals surface area contributed by atoms with Crippen LogP contribution in [0.2, 0.25) is 0 Å². The molecule has 13 nitrogen and oxygen atoms in total. The first-order valence-electron chi connectivity index (χ1n) is 17.1. The zero-order valence-electron chi connectivity index (χ0n) is 29.8. The monoisotopic (exact) mass is 753 g/mol. The lowest BCUT2D eigenvalue weighted by molar-refractivity contribution is -0.438. The van der Waals surface area contributed by atoms with Crippen LogP contribution in [-0.2, 0) is 50.3 Å². The molecule has 3 aliphatic heterocycles. The summed E-state index contributed by atoms with van der Waals surface area (Å²) in [5.74, 6) is -1.71. The largest absolute Gasteiger partial charge is 0.744 e. The highest BCUT2D eigenvalue weighted by Crippen LogP contribution is 2.48. The van der Waals surface area contributed by atoms with Crippen LogP contribution in [0.1, 0.15) is 84.3 Å². The highest BCUT2D eigenvalue weighted by Gasteiger charge is 2.45. The normalized spacial score (nSPS) is 19.1. The van der Waals surface area contributed by atoms with E-state index >= 15 is 0 Å². The summed E-state index contributed by atoms with van der Waals surface area (Å²) >= 11 is 0. The third kappa shape index (κ3) is 7.68. The van der Waals surface area contributed by atoms with E-state index in [9.17, 15) is 40.3 Å². The number of nitrogens with zero attached hydrogens (tertiary/aromatic N) is 3. The van der Waals surface area contributed by atoms with Crippen molar-refractivity contribution in [3.05, 3.63) is 83.6 Å². The number of carbonyl (C=O) groups is 3. The molecule has 52 heavy (non-hydrogen) atoms. The quantitative estimate of drug-likeness (QED) is 0.0934. The Kier molecular flexibility index (Phi) is 10.8. The van der Waals surface area contributed by atoms with Crippen molar-refractivity contribution >= 4 is 55.1 Å². The van der Waals surface area contributed by atoms with Gasteiger partial charge in [-0.1, -0.05) is 32.1 Å². The van der Waals surface area contributed by atoms with Crippen LogP contribution in [-0.4, -0.2) is 72.2 Å². The molecular formula is C37H43N3O10S2. The van der Waals surface area contributed by atoms with Crippen LogP contribution >= 0.6 is 0 Å². The van der Waals surface area contributed by atoms with Gasteiger partial charge in [0.15, 0.2) is 5.71 Å². The summed E-state index contributed by atoms with van der Waals surface area (Å²) in [5, 5.41) is 0.540. The molecule has 0 aromatic heterocycles. The predicted molar refractivity (Wildman–Crippen MR) is 192 cm³/mol. The number of imide groups is 1. The summed E-state index contributed by atoms with van der Waals surface area (Å²) in [4.78, 5) is 42.3. The van der Waals surface area contributed by atoms with Crippen LogP contribution in [0, 0.1) is 0 Å². The molecule has 5 rings (SSSR count). The Morgan fingerprint density at radius 1 is 0.904 bits per heavy atom. The first-order chi connectivity index (χ1) is 24.3. The summed E-state index contributed by atoms with van der Waals surface area (Å²) in [6.45, 7) is 11.0. The molecule has 1 fully saturated rings. The average molecular weight is 754 g/mol. The second-order valence-electron chi connectivity index (χ2n) is 14.0. The molecule has 3 aliphatic rings. The van der Waals surface area contributed by atoms with Crippen molar-refractivity contribution in [1.29, 1.82) is 0 Å². The Morgan fingerprint density at radius 3 is 2.19 bits per heavy atom. The molecule has 3 heterocycles. The Hall–Kier alpha value is -4.44. The molecular weight excluding hydrogens is 711 g/mol. The minimum absolute atomic E-state index is 0.0255. The van der Waals surface area contributed by atoms with Crippen LogP contribution in [0.5, 0.6) is 0 Å². The van der Waals surface area contributed by atoms with Gasteiger partial charge >= 0.3 is 5.97 Å². The van der Waals surface area contributed by atoms with Gasteiger partial charge in [0.1, 0.15) is 16.7 Å². The van der Waals surface area contributed by atoms with Crippen LogP contribution in [0.3, 0.4) is 0 Å². The number of fused-ring (bicyclic) bond motifs is 2. The van der Waals surface area contributed by atoms with Gasteiger partial charge in [-0.15, -0.1) is 5.06 Å². The van der Waals surface area contributed by atoms with E-state index in [0.717, 1.165) is 33.9 Å². The zero-order valence-corrected chi connectivity index (χ0v) is 31.4. The summed E-state index contributed by atoms with van der Waals surface area (Å²) in [6, 6.07) is 8.97. The molecule has 1 N–H and O–H groups in total.